The van der Waals surface area contributed by atoms with Gasteiger partial charge in [-0.1, -0.05) is 54.1 Å². The molecule has 3 aromatic rings. The number of anilines is 1. The molecule has 0 bridgehead atoms. The van der Waals surface area contributed by atoms with E-state index >= 15 is 0 Å². The topological polar surface area (TPSA) is 32.3 Å². The van der Waals surface area contributed by atoms with Gasteiger partial charge in [-0.25, -0.2) is 9.18 Å². The van der Waals surface area contributed by atoms with E-state index in [0.29, 0.717) is 6.54 Å². The summed E-state index contributed by atoms with van der Waals surface area (Å²) in [6, 6.07) is 21.9. The number of rotatable bonds is 2. The molecule has 4 heteroatoms. The molecule has 4 rings (SSSR count). The molecule has 1 atom stereocenters. The van der Waals surface area contributed by atoms with Gasteiger partial charge in [0.1, 0.15) is 5.82 Å². The zero-order valence-corrected chi connectivity index (χ0v) is 15.2. The first kappa shape index (κ1) is 17.3. The summed E-state index contributed by atoms with van der Waals surface area (Å²) in [6.45, 7) is 2.62. The molecule has 1 aliphatic heterocycles. The molecule has 0 aliphatic carbocycles. The van der Waals surface area contributed by atoms with Crippen LogP contribution in [-0.4, -0.2) is 17.5 Å². The third-order valence-corrected chi connectivity index (χ3v) is 5.03. The molecule has 3 nitrogen and oxygen atoms in total. The van der Waals surface area contributed by atoms with E-state index in [4.69, 9.17) is 0 Å². The molecular weight excluding hydrogens is 339 g/mol. The Morgan fingerprint density at radius 1 is 1.00 bits per heavy atom. The number of hydrogen-bond donors (Lipinski definition) is 1. The summed E-state index contributed by atoms with van der Waals surface area (Å²) in [7, 11) is 0. The zero-order chi connectivity index (χ0) is 18.8. The molecule has 136 valence electrons. The Hall–Kier alpha value is -3.14. The van der Waals surface area contributed by atoms with Gasteiger partial charge in [0.2, 0.25) is 0 Å². The second-order valence-corrected chi connectivity index (χ2v) is 6.89. The quantitative estimate of drug-likeness (QED) is 0.660. The number of amides is 2. The molecule has 2 amide bonds. The van der Waals surface area contributed by atoms with Gasteiger partial charge in [-0.05, 0) is 54.3 Å². The Balaban J connectivity index is 1.68. The molecular formula is C23H21FN2O. The van der Waals surface area contributed by atoms with Crippen LogP contribution in [0.1, 0.15) is 28.3 Å². The number of aryl methyl sites for hydroxylation is 1. The van der Waals surface area contributed by atoms with Crippen molar-refractivity contribution in [1.29, 1.82) is 0 Å². The molecule has 1 heterocycles. The third kappa shape index (κ3) is 3.56. The molecule has 0 spiro atoms. The lowest BCUT2D eigenvalue weighted by Crippen LogP contribution is -2.43. The number of hydrogen-bond acceptors (Lipinski definition) is 1. The van der Waals surface area contributed by atoms with Crippen LogP contribution in [0, 0.1) is 12.7 Å². The van der Waals surface area contributed by atoms with Crippen LogP contribution in [0.15, 0.2) is 72.8 Å². The first-order chi connectivity index (χ1) is 13.1. The summed E-state index contributed by atoms with van der Waals surface area (Å²) in [6.07, 6.45) is 0.801. The van der Waals surface area contributed by atoms with Gasteiger partial charge in [0.15, 0.2) is 0 Å². The highest BCUT2D eigenvalue weighted by atomic mass is 19.1. The summed E-state index contributed by atoms with van der Waals surface area (Å²) < 4.78 is 13.4. The van der Waals surface area contributed by atoms with Crippen LogP contribution in [0.5, 0.6) is 0 Å². The molecule has 0 aromatic heterocycles. The Morgan fingerprint density at radius 3 is 2.44 bits per heavy atom. The van der Waals surface area contributed by atoms with Gasteiger partial charge in [-0.3, -0.25) is 0 Å². The molecule has 27 heavy (non-hydrogen) atoms. The minimum atomic E-state index is -0.279. The normalized spacial score (nSPS) is 15.9. The van der Waals surface area contributed by atoms with E-state index in [1.54, 1.807) is 12.1 Å². The van der Waals surface area contributed by atoms with Crippen LogP contribution in [0.4, 0.5) is 14.9 Å². The average Bonchev–Trinajstić information content (AvgIpc) is 2.69. The van der Waals surface area contributed by atoms with Gasteiger partial charge in [0.25, 0.3) is 0 Å². The third-order valence-electron chi connectivity index (χ3n) is 5.03. The van der Waals surface area contributed by atoms with E-state index in [9.17, 15) is 9.18 Å². The van der Waals surface area contributed by atoms with Crippen LogP contribution < -0.4 is 5.32 Å². The number of urea groups is 1. The Morgan fingerprint density at radius 2 is 1.70 bits per heavy atom. The molecule has 1 aliphatic rings. The van der Waals surface area contributed by atoms with Gasteiger partial charge < -0.3 is 10.2 Å². The summed E-state index contributed by atoms with van der Waals surface area (Å²) in [5.74, 6) is -0.279. The maximum atomic E-state index is 13.4. The SMILES string of the molecule is Cc1ccc(NC(=O)N2CCc3ccccc3[C@@H]2c2ccc(F)cc2)cc1. The van der Waals surface area contributed by atoms with Crippen molar-refractivity contribution in [2.75, 3.05) is 11.9 Å². The van der Waals surface area contributed by atoms with Crippen LogP contribution in [-0.2, 0) is 6.42 Å². The van der Waals surface area contributed by atoms with Gasteiger partial charge in [0, 0.05) is 12.2 Å². The molecule has 0 radical (unpaired) electrons. The second-order valence-electron chi connectivity index (χ2n) is 6.89. The minimum Gasteiger partial charge on any atom is -0.313 e. The minimum absolute atomic E-state index is 0.150. The van der Waals surface area contributed by atoms with Gasteiger partial charge in [-0.15, -0.1) is 0 Å². The Bertz CT molecular complexity index is 951. The highest BCUT2D eigenvalue weighted by molar-refractivity contribution is 5.90. The summed E-state index contributed by atoms with van der Waals surface area (Å²) >= 11 is 0. The predicted octanol–water partition coefficient (Wildman–Crippen LogP) is 5.31. The van der Waals surface area contributed by atoms with E-state index in [-0.39, 0.29) is 17.9 Å². The largest absolute Gasteiger partial charge is 0.322 e. The van der Waals surface area contributed by atoms with E-state index in [1.165, 1.54) is 17.7 Å². The van der Waals surface area contributed by atoms with Crippen LogP contribution in [0.3, 0.4) is 0 Å². The van der Waals surface area contributed by atoms with Crippen molar-refractivity contribution in [3.63, 3.8) is 0 Å². The predicted molar refractivity (Wildman–Crippen MR) is 105 cm³/mol. The van der Waals surface area contributed by atoms with E-state index in [1.807, 2.05) is 48.2 Å². The number of carbonyl (C=O) groups excluding carboxylic acids is 1. The standard InChI is InChI=1S/C23H21FN2O/c1-16-6-12-20(13-7-16)25-23(27)26-15-14-17-4-2-3-5-21(17)22(26)18-8-10-19(24)11-9-18/h2-13,22H,14-15H2,1H3,(H,25,27)/t22-/m0/s1. The smallest absolute Gasteiger partial charge is 0.313 e. The fourth-order valence-electron chi connectivity index (χ4n) is 3.62. The summed E-state index contributed by atoms with van der Waals surface area (Å²) in [4.78, 5) is 14.9. The van der Waals surface area contributed by atoms with E-state index in [0.717, 1.165) is 28.8 Å². The maximum absolute atomic E-state index is 13.4. The number of carbonyl (C=O) groups is 1. The molecule has 0 saturated carbocycles. The van der Waals surface area contributed by atoms with Crippen molar-refractivity contribution in [1.82, 2.24) is 4.90 Å². The van der Waals surface area contributed by atoms with Crippen LogP contribution >= 0.6 is 0 Å². The van der Waals surface area contributed by atoms with Crippen LogP contribution in [0.25, 0.3) is 0 Å². The summed E-state index contributed by atoms with van der Waals surface area (Å²) in [5, 5.41) is 2.99. The molecule has 1 N–H and O–H groups in total. The van der Waals surface area contributed by atoms with Gasteiger partial charge in [-0.2, -0.15) is 0 Å². The first-order valence-electron chi connectivity index (χ1n) is 9.09. The number of nitrogens with zero attached hydrogens (tertiary/aromatic N) is 1. The first-order valence-corrected chi connectivity index (χ1v) is 9.09. The van der Waals surface area contributed by atoms with Gasteiger partial charge >= 0.3 is 6.03 Å². The van der Waals surface area contributed by atoms with Crippen molar-refractivity contribution >= 4 is 11.7 Å². The van der Waals surface area contributed by atoms with Crippen molar-refractivity contribution in [3.05, 3.63) is 101 Å². The number of nitrogens with one attached hydrogen (secondary N) is 1. The molecule has 0 unspecified atom stereocenters. The van der Waals surface area contributed by atoms with E-state index < -0.39 is 0 Å². The van der Waals surface area contributed by atoms with Crippen molar-refractivity contribution in [2.45, 2.75) is 19.4 Å². The number of benzene rings is 3. The van der Waals surface area contributed by atoms with Crippen molar-refractivity contribution in [3.8, 4) is 0 Å². The fourth-order valence-corrected chi connectivity index (χ4v) is 3.62. The Labute approximate surface area is 158 Å². The van der Waals surface area contributed by atoms with Crippen molar-refractivity contribution < 1.29 is 9.18 Å². The highest BCUT2D eigenvalue weighted by Gasteiger charge is 2.31. The number of halogens is 1. The molecule has 0 fully saturated rings. The monoisotopic (exact) mass is 360 g/mol. The zero-order valence-electron chi connectivity index (χ0n) is 15.2. The molecule has 0 saturated heterocycles. The Kier molecular flexibility index (Phi) is 4.63. The van der Waals surface area contributed by atoms with Gasteiger partial charge in [0.05, 0.1) is 6.04 Å². The number of fused-ring (bicyclic) bond motifs is 1. The lowest BCUT2D eigenvalue weighted by atomic mass is 9.88. The highest BCUT2D eigenvalue weighted by Crippen LogP contribution is 2.35. The average molecular weight is 360 g/mol. The van der Waals surface area contributed by atoms with Crippen molar-refractivity contribution in [2.24, 2.45) is 0 Å². The fraction of sp³-hybridized carbons (Fsp3) is 0.174. The second kappa shape index (κ2) is 7.23. The lowest BCUT2D eigenvalue weighted by molar-refractivity contribution is 0.194. The van der Waals surface area contributed by atoms with E-state index in [2.05, 4.69) is 17.4 Å². The molecule has 3 aromatic carbocycles. The summed E-state index contributed by atoms with van der Waals surface area (Å²) in [5.41, 5.74) is 5.13. The maximum Gasteiger partial charge on any atom is 0.322 e. The lowest BCUT2D eigenvalue weighted by Gasteiger charge is -2.37. The van der Waals surface area contributed by atoms with Crippen LogP contribution in [0.2, 0.25) is 0 Å².